The molecule has 0 bridgehead atoms. The van der Waals surface area contributed by atoms with Gasteiger partial charge in [0.05, 0.1) is 11.2 Å². The zero-order valence-electron chi connectivity index (χ0n) is 10.7. The largest absolute Gasteiger partial charge is 0.382 e. The minimum atomic E-state index is 0.0124. The van der Waals surface area contributed by atoms with E-state index in [9.17, 15) is 0 Å². The van der Waals surface area contributed by atoms with Crippen molar-refractivity contribution in [3.63, 3.8) is 0 Å². The van der Waals surface area contributed by atoms with Crippen LogP contribution in [0.4, 0.5) is 5.82 Å². The summed E-state index contributed by atoms with van der Waals surface area (Å²) in [6.07, 6.45) is 1.03. The molecular formula is C12H22N4. The van der Waals surface area contributed by atoms with Gasteiger partial charge >= 0.3 is 0 Å². The molecule has 1 aromatic rings. The summed E-state index contributed by atoms with van der Waals surface area (Å²) in [4.78, 5) is 2.44. The molecule has 0 unspecified atom stereocenters. The molecule has 0 amide bonds. The molecule has 1 aromatic heterocycles. The normalized spacial score (nSPS) is 17.5. The number of likely N-dealkylation sites (N-methyl/N-ethyl adjacent to an activating group) is 1. The van der Waals surface area contributed by atoms with E-state index >= 15 is 0 Å². The third-order valence-corrected chi connectivity index (χ3v) is 3.25. The Hall–Kier alpha value is -1.03. The van der Waals surface area contributed by atoms with Crippen LogP contribution in [0.15, 0.2) is 0 Å². The van der Waals surface area contributed by atoms with E-state index in [-0.39, 0.29) is 5.54 Å². The first kappa shape index (κ1) is 11.5. The molecule has 2 rings (SSSR count). The van der Waals surface area contributed by atoms with Crippen molar-refractivity contribution in [2.45, 2.75) is 46.2 Å². The number of hydrogen-bond acceptors (Lipinski definition) is 3. The molecule has 2 heterocycles. The van der Waals surface area contributed by atoms with Crippen molar-refractivity contribution in [3.8, 4) is 0 Å². The van der Waals surface area contributed by atoms with Gasteiger partial charge < -0.3 is 5.73 Å². The van der Waals surface area contributed by atoms with Crippen LogP contribution in [0.25, 0.3) is 0 Å². The average Bonchev–Trinajstić information content (AvgIpc) is 2.55. The minimum Gasteiger partial charge on any atom is -0.382 e. The molecule has 0 saturated carbocycles. The van der Waals surface area contributed by atoms with Crippen molar-refractivity contribution in [2.75, 3.05) is 18.8 Å². The Kier molecular flexibility index (Phi) is 2.70. The molecule has 0 atom stereocenters. The predicted molar refractivity (Wildman–Crippen MR) is 66.3 cm³/mol. The topological polar surface area (TPSA) is 47.1 Å². The van der Waals surface area contributed by atoms with E-state index in [1.165, 1.54) is 11.3 Å². The summed E-state index contributed by atoms with van der Waals surface area (Å²) in [6, 6.07) is 0. The highest BCUT2D eigenvalue weighted by atomic mass is 15.4. The second-order valence-electron chi connectivity index (χ2n) is 5.51. The Bertz CT molecular complexity index is 386. The lowest BCUT2D eigenvalue weighted by Crippen LogP contribution is -2.34. The fourth-order valence-electron chi connectivity index (χ4n) is 2.32. The summed E-state index contributed by atoms with van der Waals surface area (Å²) in [5.41, 5.74) is 8.57. The van der Waals surface area contributed by atoms with Crippen molar-refractivity contribution in [3.05, 3.63) is 11.3 Å². The van der Waals surface area contributed by atoms with E-state index in [2.05, 4.69) is 42.4 Å². The zero-order chi connectivity index (χ0) is 11.9. The molecule has 0 radical (unpaired) electrons. The summed E-state index contributed by atoms with van der Waals surface area (Å²) in [5, 5.41) is 4.50. The van der Waals surface area contributed by atoms with Gasteiger partial charge in [0.15, 0.2) is 0 Å². The summed E-state index contributed by atoms with van der Waals surface area (Å²) in [6.45, 7) is 11.9. The highest BCUT2D eigenvalue weighted by Crippen LogP contribution is 2.28. The monoisotopic (exact) mass is 222 g/mol. The predicted octanol–water partition coefficient (Wildman–Crippen LogP) is 1.60. The van der Waals surface area contributed by atoms with Gasteiger partial charge in [0, 0.05) is 18.7 Å². The molecular weight excluding hydrogens is 200 g/mol. The number of nitrogens with two attached hydrogens (primary N) is 1. The number of hydrogen-bond donors (Lipinski definition) is 1. The van der Waals surface area contributed by atoms with Gasteiger partial charge in [-0.05, 0) is 33.7 Å². The molecule has 0 fully saturated rings. The van der Waals surface area contributed by atoms with E-state index in [0.717, 1.165) is 31.9 Å². The highest BCUT2D eigenvalue weighted by molar-refractivity contribution is 5.44. The van der Waals surface area contributed by atoms with Gasteiger partial charge in [-0.3, -0.25) is 9.58 Å². The number of fused-ring (bicyclic) bond motifs is 1. The SMILES string of the molecule is CCN1CCc2c(N)nn(C(C)(C)C)c2C1. The van der Waals surface area contributed by atoms with Gasteiger partial charge in [-0.25, -0.2) is 0 Å². The summed E-state index contributed by atoms with van der Waals surface area (Å²) < 4.78 is 2.10. The van der Waals surface area contributed by atoms with E-state index in [1.54, 1.807) is 0 Å². The number of nitrogen functional groups attached to an aromatic ring is 1. The molecule has 0 aliphatic carbocycles. The van der Waals surface area contributed by atoms with Crippen LogP contribution in [0.2, 0.25) is 0 Å². The Labute approximate surface area is 97.4 Å². The van der Waals surface area contributed by atoms with Crippen LogP contribution in [-0.4, -0.2) is 27.8 Å². The molecule has 1 aliphatic rings. The first-order valence-electron chi connectivity index (χ1n) is 6.02. The van der Waals surface area contributed by atoms with Crippen molar-refractivity contribution in [2.24, 2.45) is 0 Å². The Balaban J connectivity index is 2.43. The number of nitrogens with zero attached hydrogens (tertiary/aromatic N) is 3. The second-order valence-corrected chi connectivity index (χ2v) is 5.51. The quantitative estimate of drug-likeness (QED) is 0.785. The van der Waals surface area contributed by atoms with Crippen LogP contribution in [0.5, 0.6) is 0 Å². The molecule has 0 saturated heterocycles. The highest BCUT2D eigenvalue weighted by Gasteiger charge is 2.27. The first-order valence-corrected chi connectivity index (χ1v) is 6.02. The smallest absolute Gasteiger partial charge is 0.149 e. The Morgan fingerprint density at radius 3 is 2.62 bits per heavy atom. The van der Waals surface area contributed by atoms with Gasteiger partial charge in [0.2, 0.25) is 0 Å². The van der Waals surface area contributed by atoms with Gasteiger partial charge in [0.1, 0.15) is 5.82 Å². The lowest BCUT2D eigenvalue weighted by molar-refractivity contribution is 0.242. The molecule has 4 nitrogen and oxygen atoms in total. The van der Waals surface area contributed by atoms with E-state index < -0.39 is 0 Å². The molecule has 0 aromatic carbocycles. The van der Waals surface area contributed by atoms with Gasteiger partial charge in [0.25, 0.3) is 0 Å². The maximum Gasteiger partial charge on any atom is 0.149 e. The van der Waals surface area contributed by atoms with Crippen LogP contribution in [-0.2, 0) is 18.5 Å². The van der Waals surface area contributed by atoms with Crippen molar-refractivity contribution >= 4 is 5.82 Å². The lowest BCUT2D eigenvalue weighted by Gasteiger charge is -2.29. The Morgan fingerprint density at radius 2 is 2.06 bits per heavy atom. The molecule has 0 spiro atoms. The summed E-state index contributed by atoms with van der Waals surface area (Å²) in [7, 11) is 0. The van der Waals surface area contributed by atoms with Gasteiger partial charge in [-0.2, -0.15) is 5.10 Å². The third kappa shape index (κ3) is 1.82. The van der Waals surface area contributed by atoms with Gasteiger partial charge in [-0.1, -0.05) is 6.92 Å². The maximum atomic E-state index is 6.00. The lowest BCUT2D eigenvalue weighted by atomic mass is 10.0. The number of aromatic nitrogens is 2. The summed E-state index contributed by atoms with van der Waals surface area (Å²) in [5.74, 6) is 0.723. The Morgan fingerprint density at radius 1 is 1.38 bits per heavy atom. The number of rotatable bonds is 1. The first-order chi connectivity index (χ1) is 7.43. The second kappa shape index (κ2) is 3.77. The molecule has 2 N–H and O–H groups in total. The minimum absolute atomic E-state index is 0.0124. The molecule has 4 heteroatoms. The zero-order valence-corrected chi connectivity index (χ0v) is 10.7. The van der Waals surface area contributed by atoms with E-state index in [4.69, 9.17) is 5.73 Å². The average molecular weight is 222 g/mol. The van der Waals surface area contributed by atoms with Crippen LogP contribution in [0.3, 0.4) is 0 Å². The maximum absolute atomic E-state index is 6.00. The van der Waals surface area contributed by atoms with Crippen molar-refractivity contribution < 1.29 is 0 Å². The fraction of sp³-hybridized carbons (Fsp3) is 0.750. The van der Waals surface area contributed by atoms with Crippen LogP contribution in [0.1, 0.15) is 39.0 Å². The molecule has 16 heavy (non-hydrogen) atoms. The van der Waals surface area contributed by atoms with E-state index in [1.807, 2.05) is 0 Å². The molecule has 1 aliphatic heterocycles. The van der Waals surface area contributed by atoms with Gasteiger partial charge in [-0.15, -0.1) is 0 Å². The van der Waals surface area contributed by atoms with E-state index in [0.29, 0.717) is 0 Å². The van der Waals surface area contributed by atoms with Crippen LogP contribution < -0.4 is 5.73 Å². The number of anilines is 1. The third-order valence-electron chi connectivity index (χ3n) is 3.25. The van der Waals surface area contributed by atoms with Crippen LogP contribution in [0, 0.1) is 0 Å². The van der Waals surface area contributed by atoms with Crippen molar-refractivity contribution in [1.82, 2.24) is 14.7 Å². The molecule has 90 valence electrons. The standard InChI is InChI=1S/C12H22N4/c1-5-15-7-6-9-10(8-15)16(12(2,3)4)14-11(9)13/h5-8H2,1-4H3,(H2,13,14). The summed E-state index contributed by atoms with van der Waals surface area (Å²) >= 11 is 0. The van der Waals surface area contributed by atoms with Crippen molar-refractivity contribution in [1.29, 1.82) is 0 Å². The fourth-order valence-corrected chi connectivity index (χ4v) is 2.32. The van der Waals surface area contributed by atoms with Crippen LogP contribution >= 0.6 is 0 Å².